The number of aromatic nitrogens is 2. The topological polar surface area (TPSA) is 103 Å². The summed E-state index contributed by atoms with van der Waals surface area (Å²) in [5.74, 6) is 0.851. The molecule has 1 aliphatic heterocycles. The molecule has 2 aromatic rings. The molecule has 0 spiro atoms. The number of aryl methyl sites for hydroxylation is 2. The lowest BCUT2D eigenvalue weighted by molar-refractivity contribution is 0.122. The Bertz CT molecular complexity index is 683. The number of halogens is 2. The number of aliphatic imine (C=N–C) groups is 1. The van der Waals surface area contributed by atoms with Gasteiger partial charge in [-0.2, -0.15) is 0 Å². The molecule has 4 N–H and O–H groups in total. The highest BCUT2D eigenvalue weighted by molar-refractivity contribution is 5.85. The van der Waals surface area contributed by atoms with Crippen LogP contribution in [0.4, 0.5) is 11.6 Å². The fourth-order valence-electron chi connectivity index (χ4n) is 2.58. The quantitative estimate of drug-likeness (QED) is 0.588. The summed E-state index contributed by atoms with van der Waals surface area (Å²) >= 11 is 0. The van der Waals surface area contributed by atoms with Gasteiger partial charge in [0.15, 0.2) is 5.96 Å². The van der Waals surface area contributed by atoms with Crippen molar-refractivity contribution < 1.29 is 4.74 Å². The number of nitrogens with two attached hydrogens (primary N) is 2. The molecule has 3 rings (SSSR count). The average Bonchev–Trinajstić information content (AvgIpc) is 2.62. The molecule has 26 heavy (non-hydrogen) atoms. The largest absolute Gasteiger partial charge is 0.378 e. The normalized spacial score (nSPS) is 13.3. The van der Waals surface area contributed by atoms with E-state index in [4.69, 9.17) is 16.2 Å². The molecule has 1 aliphatic rings. The van der Waals surface area contributed by atoms with Crippen molar-refractivity contribution in [1.29, 1.82) is 0 Å². The standard InChI is InChI=1S/C17H22N6O.2ClH/c18-16(19)22-15-5-3-13(4-6-15)1-2-14-11-20-17(21-12-14)23-7-9-24-10-8-23;;/h3-6,11-12H,1-2,7-10H2,(H4,18,19,22);2*1H. The van der Waals surface area contributed by atoms with E-state index < -0.39 is 0 Å². The van der Waals surface area contributed by atoms with Crippen LogP contribution in [0, 0.1) is 0 Å². The van der Waals surface area contributed by atoms with Crippen LogP contribution in [0.2, 0.25) is 0 Å². The third-order valence-corrected chi connectivity index (χ3v) is 3.88. The fourth-order valence-corrected chi connectivity index (χ4v) is 2.58. The highest BCUT2D eigenvalue weighted by atomic mass is 35.5. The Morgan fingerprint density at radius 2 is 1.54 bits per heavy atom. The van der Waals surface area contributed by atoms with Crippen LogP contribution in [0.3, 0.4) is 0 Å². The third kappa shape index (κ3) is 6.33. The highest BCUT2D eigenvalue weighted by Gasteiger charge is 2.13. The van der Waals surface area contributed by atoms with E-state index in [1.807, 2.05) is 36.7 Å². The summed E-state index contributed by atoms with van der Waals surface area (Å²) in [7, 11) is 0. The Kier molecular flexibility index (Phi) is 9.12. The number of rotatable bonds is 5. The molecule has 1 fully saturated rings. The van der Waals surface area contributed by atoms with Crippen molar-refractivity contribution in [2.45, 2.75) is 12.8 Å². The van der Waals surface area contributed by atoms with Gasteiger partial charge >= 0.3 is 0 Å². The third-order valence-electron chi connectivity index (χ3n) is 3.88. The lowest BCUT2D eigenvalue weighted by Gasteiger charge is -2.26. The average molecular weight is 399 g/mol. The summed E-state index contributed by atoms with van der Waals surface area (Å²) in [6, 6.07) is 7.88. The number of anilines is 1. The van der Waals surface area contributed by atoms with Gasteiger partial charge in [-0.1, -0.05) is 12.1 Å². The second-order valence-electron chi connectivity index (χ2n) is 5.69. The number of hydrogen-bond donors (Lipinski definition) is 2. The molecule has 1 aromatic heterocycles. The van der Waals surface area contributed by atoms with Crippen molar-refractivity contribution in [3.05, 3.63) is 47.8 Å². The molecule has 1 saturated heterocycles. The number of morpholine rings is 1. The van der Waals surface area contributed by atoms with E-state index in [1.165, 1.54) is 5.56 Å². The zero-order valence-electron chi connectivity index (χ0n) is 14.4. The smallest absolute Gasteiger partial charge is 0.225 e. The molecule has 9 heteroatoms. The van der Waals surface area contributed by atoms with Gasteiger partial charge in [0.1, 0.15) is 0 Å². The van der Waals surface area contributed by atoms with Gasteiger partial charge in [-0.25, -0.2) is 15.0 Å². The minimum absolute atomic E-state index is 0. The zero-order chi connectivity index (χ0) is 16.8. The summed E-state index contributed by atoms with van der Waals surface area (Å²) in [4.78, 5) is 15.1. The predicted molar refractivity (Wildman–Crippen MR) is 109 cm³/mol. The van der Waals surface area contributed by atoms with Crippen molar-refractivity contribution in [3.8, 4) is 0 Å². The van der Waals surface area contributed by atoms with Crippen molar-refractivity contribution in [1.82, 2.24) is 9.97 Å². The first-order valence-corrected chi connectivity index (χ1v) is 8.03. The molecule has 0 radical (unpaired) electrons. The number of hydrogen-bond acceptors (Lipinski definition) is 5. The first kappa shape index (κ1) is 22.0. The van der Waals surface area contributed by atoms with Crippen LogP contribution < -0.4 is 16.4 Å². The van der Waals surface area contributed by atoms with Gasteiger partial charge in [-0.15, -0.1) is 24.8 Å². The Balaban J connectivity index is 0.00000169. The Labute approximate surface area is 165 Å². The van der Waals surface area contributed by atoms with Crippen molar-refractivity contribution >= 4 is 42.4 Å². The van der Waals surface area contributed by atoms with Gasteiger partial charge in [0.2, 0.25) is 5.95 Å². The summed E-state index contributed by atoms with van der Waals surface area (Å²) in [5.41, 5.74) is 13.8. The number of nitrogens with zero attached hydrogens (tertiary/aromatic N) is 4. The monoisotopic (exact) mass is 398 g/mol. The van der Waals surface area contributed by atoms with Crippen LogP contribution in [0.1, 0.15) is 11.1 Å². The van der Waals surface area contributed by atoms with E-state index in [2.05, 4.69) is 19.9 Å². The molecule has 0 atom stereocenters. The SMILES string of the molecule is Cl.Cl.NC(N)=Nc1ccc(CCc2cnc(N3CCOCC3)nc2)cc1. The lowest BCUT2D eigenvalue weighted by Crippen LogP contribution is -2.37. The zero-order valence-corrected chi connectivity index (χ0v) is 16.0. The first-order chi connectivity index (χ1) is 11.7. The van der Waals surface area contributed by atoms with E-state index in [0.717, 1.165) is 56.3 Å². The van der Waals surface area contributed by atoms with E-state index in [-0.39, 0.29) is 30.8 Å². The minimum Gasteiger partial charge on any atom is -0.378 e. The fraction of sp³-hybridized carbons (Fsp3) is 0.353. The number of ether oxygens (including phenoxy) is 1. The van der Waals surface area contributed by atoms with Gasteiger partial charge in [0.25, 0.3) is 0 Å². The molecule has 0 amide bonds. The maximum atomic E-state index is 5.37. The van der Waals surface area contributed by atoms with Crippen LogP contribution in [0.5, 0.6) is 0 Å². The maximum absolute atomic E-state index is 5.37. The molecule has 0 saturated carbocycles. The van der Waals surface area contributed by atoms with Gasteiger partial charge in [-0.3, -0.25) is 0 Å². The molecular weight excluding hydrogens is 375 g/mol. The van der Waals surface area contributed by atoms with Crippen molar-refractivity contribution in [3.63, 3.8) is 0 Å². The van der Waals surface area contributed by atoms with Gasteiger partial charge in [0, 0.05) is 25.5 Å². The Hall–Kier alpha value is -2.09. The van der Waals surface area contributed by atoms with E-state index in [0.29, 0.717) is 0 Å². The van der Waals surface area contributed by atoms with Gasteiger partial charge in [0.05, 0.1) is 18.9 Å². The molecule has 0 unspecified atom stereocenters. The predicted octanol–water partition coefficient (Wildman–Crippen LogP) is 1.85. The molecule has 1 aromatic carbocycles. The number of guanidine groups is 1. The summed E-state index contributed by atoms with van der Waals surface area (Å²) in [6.45, 7) is 3.17. The van der Waals surface area contributed by atoms with E-state index in [9.17, 15) is 0 Å². The second kappa shape index (κ2) is 10.8. The van der Waals surface area contributed by atoms with E-state index in [1.54, 1.807) is 0 Å². The van der Waals surface area contributed by atoms with Crippen molar-refractivity contribution in [2.75, 3.05) is 31.2 Å². The summed E-state index contributed by atoms with van der Waals surface area (Å²) in [6.07, 6.45) is 5.63. The van der Waals surface area contributed by atoms with Crippen LogP contribution in [0.15, 0.2) is 41.7 Å². The maximum Gasteiger partial charge on any atom is 0.225 e. The first-order valence-electron chi connectivity index (χ1n) is 8.03. The van der Waals surface area contributed by atoms with Crippen LogP contribution in [0.25, 0.3) is 0 Å². The summed E-state index contributed by atoms with van der Waals surface area (Å²) < 4.78 is 5.34. The molecule has 0 bridgehead atoms. The van der Waals surface area contributed by atoms with Gasteiger partial charge in [-0.05, 0) is 36.1 Å². The van der Waals surface area contributed by atoms with E-state index >= 15 is 0 Å². The molecular formula is C17H24Cl2N6O. The van der Waals surface area contributed by atoms with Crippen molar-refractivity contribution in [2.24, 2.45) is 16.5 Å². The number of benzene rings is 1. The Morgan fingerprint density at radius 3 is 2.12 bits per heavy atom. The minimum atomic E-state index is 0. The van der Waals surface area contributed by atoms with Crippen LogP contribution in [-0.4, -0.2) is 42.2 Å². The van der Waals surface area contributed by atoms with Gasteiger partial charge < -0.3 is 21.1 Å². The Morgan fingerprint density at radius 1 is 0.962 bits per heavy atom. The molecule has 142 valence electrons. The molecule has 0 aliphatic carbocycles. The van der Waals surface area contributed by atoms with Crippen LogP contribution >= 0.6 is 24.8 Å². The molecule has 2 heterocycles. The highest BCUT2D eigenvalue weighted by Crippen LogP contribution is 2.15. The summed E-state index contributed by atoms with van der Waals surface area (Å²) in [5, 5.41) is 0. The lowest BCUT2D eigenvalue weighted by atomic mass is 10.1. The molecule has 7 nitrogen and oxygen atoms in total. The van der Waals surface area contributed by atoms with Crippen LogP contribution in [-0.2, 0) is 17.6 Å². The second-order valence-corrected chi connectivity index (χ2v) is 5.69.